The molecule has 0 aliphatic heterocycles. The van der Waals surface area contributed by atoms with Crippen molar-refractivity contribution >= 4 is 21.8 Å². The Morgan fingerprint density at radius 3 is 2.55 bits per heavy atom. The maximum atomic E-state index is 12.1. The highest BCUT2D eigenvalue weighted by Gasteiger charge is 2.19. The zero-order chi connectivity index (χ0) is 14.2. The van der Waals surface area contributed by atoms with E-state index >= 15 is 0 Å². The van der Waals surface area contributed by atoms with E-state index in [1.54, 1.807) is 0 Å². The van der Waals surface area contributed by atoms with Crippen LogP contribution in [0.3, 0.4) is 0 Å². The van der Waals surface area contributed by atoms with Crippen LogP contribution in [0.1, 0.15) is 44.1 Å². The van der Waals surface area contributed by atoms with Crippen LogP contribution in [0.2, 0.25) is 0 Å². The largest absolute Gasteiger partial charge is 0.352 e. The van der Waals surface area contributed by atoms with E-state index in [1.165, 1.54) is 37.7 Å². The molecule has 1 aromatic rings. The van der Waals surface area contributed by atoms with Gasteiger partial charge in [-0.2, -0.15) is 0 Å². The summed E-state index contributed by atoms with van der Waals surface area (Å²) in [5.74, 6) is 0.828. The Hall–Kier alpha value is -0.830. The third-order valence-corrected chi connectivity index (χ3v) is 4.86. The number of halogens is 1. The van der Waals surface area contributed by atoms with Crippen LogP contribution >= 0.6 is 15.9 Å². The van der Waals surface area contributed by atoms with E-state index in [4.69, 9.17) is 0 Å². The normalized spacial score (nSPS) is 17.6. The lowest BCUT2D eigenvalue weighted by Gasteiger charge is -2.22. The molecule has 110 valence electrons. The number of hydrogen-bond acceptors (Lipinski definition) is 1. The molecule has 2 nitrogen and oxygen atoms in total. The molecular weight excluding hydrogens is 314 g/mol. The van der Waals surface area contributed by atoms with Crippen LogP contribution in [0.5, 0.6) is 0 Å². The molecule has 1 fully saturated rings. The number of hydrogen-bond donors (Lipinski definition) is 1. The quantitative estimate of drug-likeness (QED) is 0.778. The van der Waals surface area contributed by atoms with Crippen molar-refractivity contribution in [2.24, 2.45) is 5.92 Å². The Kier molecular flexibility index (Phi) is 6.58. The van der Waals surface area contributed by atoms with Crippen molar-refractivity contribution in [2.45, 2.75) is 51.0 Å². The Labute approximate surface area is 130 Å². The van der Waals surface area contributed by atoms with Crippen molar-refractivity contribution in [3.63, 3.8) is 0 Å². The second-order valence-corrected chi connectivity index (χ2v) is 6.46. The van der Waals surface area contributed by atoms with Gasteiger partial charge in [0.25, 0.3) is 0 Å². The van der Waals surface area contributed by atoms with E-state index in [9.17, 15) is 4.79 Å². The molecule has 1 amide bonds. The average Bonchev–Trinajstić information content (AvgIpc) is 2.48. The summed E-state index contributed by atoms with van der Waals surface area (Å²) >= 11 is 3.51. The molecule has 1 aromatic carbocycles. The molecule has 1 unspecified atom stereocenters. The number of nitrogens with one attached hydrogen (secondary N) is 1. The predicted octanol–water partition coefficient (Wildman–Crippen LogP) is 4.08. The number of carbonyl (C=O) groups excluding carboxylic acids is 1. The van der Waals surface area contributed by atoms with Gasteiger partial charge in [-0.15, -0.1) is 0 Å². The zero-order valence-electron chi connectivity index (χ0n) is 12.0. The second kappa shape index (κ2) is 8.46. The summed E-state index contributed by atoms with van der Waals surface area (Å²) in [4.78, 5) is 12.1. The van der Waals surface area contributed by atoms with Gasteiger partial charge < -0.3 is 5.32 Å². The number of carbonyl (C=O) groups is 1. The van der Waals surface area contributed by atoms with Gasteiger partial charge >= 0.3 is 0 Å². The van der Waals surface area contributed by atoms with Gasteiger partial charge in [-0.25, -0.2) is 0 Å². The summed E-state index contributed by atoms with van der Waals surface area (Å²) in [5, 5.41) is 3.98. The fraction of sp³-hybridized carbons (Fsp3) is 0.588. The van der Waals surface area contributed by atoms with Crippen LogP contribution in [0.15, 0.2) is 30.3 Å². The average molecular weight is 338 g/mol. The molecule has 0 bridgehead atoms. The maximum absolute atomic E-state index is 12.1. The van der Waals surface area contributed by atoms with Crippen LogP contribution in [-0.4, -0.2) is 17.3 Å². The molecule has 20 heavy (non-hydrogen) atoms. The molecule has 0 spiro atoms. The molecule has 0 saturated heterocycles. The minimum atomic E-state index is 0.188. The lowest BCUT2D eigenvalue weighted by Crippen LogP contribution is -2.38. The number of amides is 1. The second-order valence-electron chi connectivity index (χ2n) is 5.82. The van der Waals surface area contributed by atoms with Gasteiger partial charge in [-0.05, 0) is 30.7 Å². The first-order valence-electron chi connectivity index (χ1n) is 7.67. The zero-order valence-corrected chi connectivity index (χ0v) is 13.6. The Bertz CT molecular complexity index is 401. The molecule has 1 aliphatic rings. The fourth-order valence-electron chi connectivity index (χ4n) is 2.98. The summed E-state index contributed by atoms with van der Waals surface area (Å²) in [5.41, 5.74) is 1.27. The molecule has 1 aliphatic carbocycles. The van der Waals surface area contributed by atoms with E-state index in [0.29, 0.717) is 12.3 Å². The standard InChI is InChI=1S/C17H24BrNO/c18-13-16(11-14-7-3-1-4-8-14)19-17(20)12-15-9-5-2-6-10-15/h1,3-4,7-8,15-16H,2,5-6,9-13H2,(H,19,20). The first kappa shape index (κ1) is 15.6. The summed E-state index contributed by atoms with van der Waals surface area (Å²) < 4.78 is 0. The van der Waals surface area contributed by atoms with Crippen molar-refractivity contribution in [1.82, 2.24) is 5.32 Å². The fourth-order valence-corrected chi connectivity index (χ4v) is 3.37. The lowest BCUT2D eigenvalue weighted by molar-refractivity contribution is -0.122. The topological polar surface area (TPSA) is 29.1 Å². The van der Waals surface area contributed by atoms with Crippen LogP contribution in [-0.2, 0) is 11.2 Å². The lowest BCUT2D eigenvalue weighted by atomic mass is 9.87. The Balaban J connectivity index is 1.78. The van der Waals surface area contributed by atoms with Gasteiger partial charge in [0.15, 0.2) is 0 Å². The number of benzene rings is 1. The highest BCUT2D eigenvalue weighted by Crippen LogP contribution is 2.26. The molecule has 3 heteroatoms. The highest BCUT2D eigenvalue weighted by atomic mass is 79.9. The van der Waals surface area contributed by atoms with E-state index < -0.39 is 0 Å². The van der Waals surface area contributed by atoms with Crippen molar-refractivity contribution in [2.75, 3.05) is 5.33 Å². The predicted molar refractivity (Wildman–Crippen MR) is 87.1 cm³/mol. The van der Waals surface area contributed by atoms with Crippen molar-refractivity contribution in [1.29, 1.82) is 0 Å². The summed E-state index contributed by atoms with van der Waals surface area (Å²) in [6, 6.07) is 10.5. The van der Waals surface area contributed by atoms with E-state index in [-0.39, 0.29) is 11.9 Å². The van der Waals surface area contributed by atoms with Gasteiger partial charge in [0.1, 0.15) is 0 Å². The molecule has 1 saturated carbocycles. The molecule has 1 atom stereocenters. The first-order valence-corrected chi connectivity index (χ1v) is 8.79. The smallest absolute Gasteiger partial charge is 0.220 e. The van der Waals surface area contributed by atoms with Crippen molar-refractivity contribution < 1.29 is 4.79 Å². The van der Waals surface area contributed by atoms with Crippen LogP contribution in [0.25, 0.3) is 0 Å². The molecule has 0 radical (unpaired) electrons. The summed E-state index contributed by atoms with van der Waals surface area (Å²) in [6.07, 6.45) is 7.99. The van der Waals surface area contributed by atoms with Gasteiger partial charge in [0, 0.05) is 17.8 Å². The monoisotopic (exact) mass is 337 g/mol. The van der Waals surface area contributed by atoms with Crippen LogP contribution in [0.4, 0.5) is 0 Å². The van der Waals surface area contributed by atoms with Gasteiger partial charge in [-0.1, -0.05) is 65.5 Å². The highest BCUT2D eigenvalue weighted by molar-refractivity contribution is 9.09. The van der Waals surface area contributed by atoms with Gasteiger partial charge in [-0.3, -0.25) is 4.79 Å². The van der Waals surface area contributed by atoms with Crippen LogP contribution in [0, 0.1) is 5.92 Å². The van der Waals surface area contributed by atoms with Gasteiger partial charge in [0.2, 0.25) is 5.91 Å². The molecule has 0 heterocycles. The minimum Gasteiger partial charge on any atom is -0.352 e. The molecule has 2 rings (SSSR count). The maximum Gasteiger partial charge on any atom is 0.220 e. The van der Waals surface area contributed by atoms with Crippen LogP contribution < -0.4 is 5.32 Å². The van der Waals surface area contributed by atoms with E-state index in [2.05, 4.69) is 33.4 Å². The third-order valence-electron chi connectivity index (χ3n) is 4.08. The molecular formula is C17H24BrNO. The minimum absolute atomic E-state index is 0.188. The van der Waals surface area contributed by atoms with E-state index in [1.807, 2.05) is 18.2 Å². The Morgan fingerprint density at radius 2 is 1.90 bits per heavy atom. The van der Waals surface area contributed by atoms with Crippen molar-refractivity contribution in [3.05, 3.63) is 35.9 Å². The van der Waals surface area contributed by atoms with E-state index in [0.717, 1.165) is 11.8 Å². The van der Waals surface area contributed by atoms with Crippen molar-refractivity contribution in [3.8, 4) is 0 Å². The molecule has 0 aromatic heterocycles. The Morgan fingerprint density at radius 1 is 1.20 bits per heavy atom. The molecule has 1 N–H and O–H groups in total. The third kappa shape index (κ3) is 5.28. The summed E-state index contributed by atoms with van der Waals surface area (Å²) in [6.45, 7) is 0. The number of alkyl halides is 1. The number of rotatable bonds is 6. The summed E-state index contributed by atoms with van der Waals surface area (Å²) in [7, 11) is 0. The van der Waals surface area contributed by atoms with Gasteiger partial charge in [0.05, 0.1) is 0 Å². The SMILES string of the molecule is O=C(CC1CCCCC1)NC(CBr)Cc1ccccc1. The first-order chi connectivity index (χ1) is 9.78.